The molecule has 1 aromatic rings. The van der Waals surface area contributed by atoms with Gasteiger partial charge in [0.25, 0.3) is 5.56 Å². The molecule has 1 N–H and O–H groups in total. The summed E-state index contributed by atoms with van der Waals surface area (Å²) in [5.41, 5.74) is -0.725. The lowest BCUT2D eigenvalue weighted by molar-refractivity contribution is -0.122. The average molecular weight is 307 g/mol. The Morgan fingerprint density at radius 3 is 2.68 bits per heavy atom. The van der Waals surface area contributed by atoms with Crippen LogP contribution < -0.4 is 10.9 Å². The third-order valence-electron chi connectivity index (χ3n) is 3.92. The number of nitrogens with one attached hydrogen (secondary N) is 1. The Hall–Kier alpha value is -2.18. The quantitative estimate of drug-likeness (QED) is 0.830. The zero-order valence-electron chi connectivity index (χ0n) is 12.9. The monoisotopic (exact) mass is 307 g/mol. The van der Waals surface area contributed by atoms with Crippen LogP contribution in [0, 0.1) is 6.92 Å². The summed E-state index contributed by atoms with van der Waals surface area (Å²) < 4.78 is 5.74. The van der Waals surface area contributed by atoms with Gasteiger partial charge in [0.05, 0.1) is 7.11 Å². The number of esters is 1. The summed E-state index contributed by atoms with van der Waals surface area (Å²) in [4.78, 5) is 39.9. The minimum atomic E-state index is -0.751. The van der Waals surface area contributed by atoms with E-state index < -0.39 is 11.5 Å². The highest BCUT2D eigenvalue weighted by Gasteiger charge is 2.19. The summed E-state index contributed by atoms with van der Waals surface area (Å²) in [6.45, 7) is 1.48. The summed E-state index contributed by atoms with van der Waals surface area (Å²) in [5.74, 6) is -0.601. The number of aryl methyl sites for hydroxylation is 1. The van der Waals surface area contributed by atoms with Gasteiger partial charge in [-0.3, -0.25) is 14.2 Å². The van der Waals surface area contributed by atoms with Crippen LogP contribution in [0.5, 0.6) is 0 Å². The third-order valence-corrected chi connectivity index (χ3v) is 3.92. The van der Waals surface area contributed by atoms with Crippen molar-refractivity contribution in [3.63, 3.8) is 0 Å². The van der Waals surface area contributed by atoms with E-state index in [0.717, 1.165) is 25.7 Å². The molecule has 22 heavy (non-hydrogen) atoms. The van der Waals surface area contributed by atoms with Crippen molar-refractivity contribution in [3.8, 4) is 0 Å². The van der Waals surface area contributed by atoms with E-state index >= 15 is 0 Å². The SMILES string of the molecule is COC(=O)c1cnc(C)n(CC(=O)NC2CCCCC2)c1=O. The molecule has 1 saturated carbocycles. The Bertz CT molecular complexity index is 618. The first-order chi connectivity index (χ1) is 10.5. The number of aromatic nitrogens is 2. The van der Waals surface area contributed by atoms with Crippen molar-refractivity contribution in [1.29, 1.82) is 0 Å². The van der Waals surface area contributed by atoms with Crippen LogP contribution in [0.25, 0.3) is 0 Å². The summed E-state index contributed by atoms with van der Waals surface area (Å²) >= 11 is 0. The van der Waals surface area contributed by atoms with E-state index in [1.54, 1.807) is 6.92 Å². The van der Waals surface area contributed by atoms with Crippen LogP contribution in [-0.2, 0) is 16.1 Å². The second-order valence-corrected chi connectivity index (χ2v) is 5.50. The number of rotatable bonds is 4. The van der Waals surface area contributed by atoms with Crippen molar-refractivity contribution in [2.45, 2.75) is 51.6 Å². The predicted molar refractivity (Wildman–Crippen MR) is 79.6 cm³/mol. The predicted octanol–water partition coefficient (Wildman–Crippen LogP) is 0.787. The Kier molecular flexibility index (Phi) is 5.30. The van der Waals surface area contributed by atoms with E-state index in [1.165, 1.54) is 24.3 Å². The molecule has 1 fully saturated rings. The van der Waals surface area contributed by atoms with Crippen molar-refractivity contribution in [3.05, 3.63) is 27.9 Å². The molecule has 0 spiro atoms. The van der Waals surface area contributed by atoms with Gasteiger partial charge in [0, 0.05) is 12.2 Å². The minimum Gasteiger partial charge on any atom is -0.465 e. The van der Waals surface area contributed by atoms with E-state index in [1.807, 2.05) is 0 Å². The number of amides is 1. The lowest BCUT2D eigenvalue weighted by Crippen LogP contribution is -2.41. The number of hydrogen-bond acceptors (Lipinski definition) is 5. The van der Waals surface area contributed by atoms with Gasteiger partial charge in [-0.15, -0.1) is 0 Å². The molecule has 0 aromatic carbocycles. The number of hydrogen-bond donors (Lipinski definition) is 1. The zero-order chi connectivity index (χ0) is 16.1. The molecule has 0 aliphatic heterocycles. The van der Waals surface area contributed by atoms with Crippen molar-refractivity contribution in [2.24, 2.45) is 0 Å². The topological polar surface area (TPSA) is 90.3 Å². The van der Waals surface area contributed by atoms with Gasteiger partial charge in [0.15, 0.2) is 0 Å². The molecule has 0 atom stereocenters. The van der Waals surface area contributed by atoms with Gasteiger partial charge in [0.2, 0.25) is 5.91 Å². The summed E-state index contributed by atoms with van der Waals surface area (Å²) in [6, 6.07) is 0.175. The number of nitrogens with zero attached hydrogens (tertiary/aromatic N) is 2. The normalized spacial score (nSPS) is 15.4. The molecule has 1 heterocycles. The van der Waals surface area contributed by atoms with Gasteiger partial charge in [-0.25, -0.2) is 9.78 Å². The van der Waals surface area contributed by atoms with Crippen molar-refractivity contribution < 1.29 is 14.3 Å². The molecule has 120 valence electrons. The van der Waals surface area contributed by atoms with Gasteiger partial charge in [-0.05, 0) is 19.8 Å². The van der Waals surface area contributed by atoms with Crippen LogP contribution >= 0.6 is 0 Å². The van der Waals surface area contributed by atoms with Crippen molar-refractivity contribution in [1.82, 2.24) is 14.9 Å². The van der Waals surface area contributed by atoms with E-state index in [4.69, 9.17) is 0 Å². The molecular formula is C15H21N3O4. The Balaban J connectivity index is 2.12. The highest BCUT2D eigenvalue weighted by atomic mass is 16.5. The number of ether oxygens (including phenoxy) is 1. The van der Waals surface area contributed by atoms with E-state index in [-0.39, 0.29) is 24.1 Å². The van der Waals surface area contributed by atoms with Crippen molar-refractivity contribution in [2.75, 3.05) is 7.11 Å². The van der Waals surface area contributed by atoms with Crippen LogP contribution in [0.1, 0.15) is 48.3 Å². The first-order valence-electron chi connectivity index (χ1n) is 7.47. The maximum absolute atomic E-state index is 12.3. The largest absolute Gasteiger partial charge is 0.465 e. The fourth-order valence-electron chi connectivity index (χ4n) is 2.68. The van der Waals surface area contributed by atoms with Gasteiger partial charge >= 0.3 is 5.97 Å². The van der Waals surface area contributed by atoms with Gasteiger partial charge in [0.1, 0.15) is 17.9 Å². The Morgan fingerprint density at radius 2 is 2.05 bits per heavy atom. The maximum Gasteiger partial charge on any atom is 0.345 e. The van der Waals surface area contributed by atoms with Crippen molar-refractivity contribution >= 4 is 11.9 Å². The molecular weight excluding hydrogens is 286 g/mol. The third kappa shape index (κ3) is 3.72. The molecule has 1 aromatic heterocycles. The molecule has 2 rings (SSSR count). The highest BCUT2D eigenvalue weighted by Crippen LogP contribution is 2.17. The lowest BCUT2D eigenvalue weighted by Gasteiger charge is -2.23. The Morgan fingerprint density at radius 1 is 1.36 bits per heavy atom. The molecule has 0 unspecified atom stereocenters. The standard InChI is InChI=1S/C15H21N3O4/c1-10-16-8-12(15(21)22-2)14(20)18(10)9-13(19)17-11-6-4-3-5-7-11/h8,11H,3-7,9H2,1-2H3,(H,17,19). The number of methoxy groups -OCH3 is 1. The molecule has 7 nitrogen and oxygen atoms in total. The van der Waals surface area contributed by atoms with Gasteiger partial charge in [-0.2, -0.15) is 0 Å². The summed E-state index contributed by atoms with van der Waals surface area (Å²) in [5, 5.41) is 2.94. The summed E-state index contributed by atoms with van der Waals surface area (Å²) in [6.07, 6.45) is 6.56. The van der Waals surface area contributed by atoms with E-state index in [2.05, 4.69) is 15.0 Å². The molecule has 1 aliphatic rings. The summed E-state index contributed by atoms with van der Waals surface area (Å²) in [7, 11) is 1.20. The first-order valence-corrected chi connectivity index (χ1v) is 7.47. The van der Waals surface area contributed by atoms with Crippen LogP contribution in [0.15, 0.2) is 11.0 Å². The Labute approximate surface area is 128 Å². The molecule has 7 heteroatoms. The van der Waals surface area contributed by atoms with Crippen LogP contribution in [0.4, 0.5) is 0 Å². The van der Waals surface area contributed by atoms with Crippen LogP contribution in [-0.4, -0.2) is 34.6 Å². The second kappa shape index (κ2) is 7.20. The van der Waals surface area contributed by atoms with Crippen LogP contribution in [0.2, 0.25) is 0 Å². The van der Waals surface area contributed by atoms with E-state index in [9.17, 15) is 14.4 Å². The fraction of sp³-hybridized carbons (Fsp3) is 0.600. The number of carbonyl (C=O) groups excluding carboxylic acids is 2. The first kappa shape index (κ1) is 16.2. The zero-order valence-corrected chi connectivity index (χ0v) is 12.9. The maximum atomic E-state index is 12.3. The average Bonchev–Trinajstić information content (AvgIpc) is 2.51. The fourth-order valence-corrected chi connectivity index (χ4v) is 2.68. The van der Waals surface area contributed by atoms with E-state index in [0.29, 0.717) is 5.82 Å². The molecule has 1 amide bonds. The molecule has 0 bridgehead atoms. The van der Waals surface area contributed by atoms with Crippen LogP contribution in [0.3, 0.4) is 0 Å². The lowest BCUT2D eigenvalue weighted by atomic mass is 9.95. The highest BCUT2D eigenvalue weighted by molar-refractivity contribution is 5.88. The van der Waals surface area contributed by atoms with Gasteiger partial charge < -0.3 is 10.1 Å². The smallest absolute Gasteiger partial charge is 0.345 e. The number of carbonyl (C=O) groups is 2. The molecule has 0 saturated heterocycles. The molecule has 1 aliphatic carbocycles. The second-order valence-electron chi connectivity index (χ2n) is 5.50. The minimum absolute atomic E-state index is 0.140. The molecule has 0 radical (unpaired) electrons. The van der Waals surface area contributed by atoms with Gasteiger partial charge in [-0.1, -0.05) is 19.3 Å².